The molecule has 2 nitrogen and oxygen atoms in total. The van der Waals surface area contributed by atoms with Crippen molar-refractivity contribution < 1.29 is 9.47 Å². The molecule has 0 aromatic heterocycles. The van der Waals surface area contributed by atoms with Crippen molar-refractivity contribution in [1.82, 2.24) is 0 Å². The molecule has 0 amide bonds. The molecule has 0 radical (unpaired) electrons. The lowest BCUT2D eigenvalue weighted by atomic mass is 10.00. The summed E-state index contributed by atoms with van der Waals surface area (Å²) < 4.78 is 11.2. The van der Waals surface area contributed by atoms with Crippen LogP contribution in [0.1, 0.15) is 37.5 Å². The number of ether oxygens (including phenoxy) is 2. The van der Waals surface area contributed by atoms with E-state index in [2.05, 4.69) is 26.8 Å². The molecule has 1 aromatic carbocycles. The van der Waals surface area contributed by atoms with E-state index in [1.54, 1.807) is 0 Å². The van der Waals surface area contributed by atoms with Gasteiger partial charge < -0.3 is 9.47 Å². The van der Waals surface area contributed by atoms with Crippen LogP contribution >= 0.6 is 0 Å². The highest BCUT2D eigenvalue weighted by Crippen LogP contribution is 2.44. The van der Waals surface area contributed by atoms with Gasteiger partial charge in [-0.2, -0.15) is 0 Å². The standard InChI is InChI=1S/C12H16O2/c1-4-7-13-11-6-5-10-9(3)14-12(10)8(11)2/h5-6,9H,4,7H2,1-3H3. The van der Waals surface area contributed by atoms with Gasteiger partial charge in [0, 0.05) is 11.1 Å². The van der Waals surface area contributed by atoms with Crippen LogP contribution in [0.4, 0.5) is 0 Å². The fourth-order valence-corrected chi connectivity index (χ4v) is 1.72. The van der Waals surface area contributed by atoms with Crippen molar-refractivity contribution in [2.24, 2.45) is 0 Å². The number of fused-ring (bicyclic) bond motifs is 1. The molecule has 1 unspecified atom stereocenters. The van der Waals surface area contributed by atoms with E-state index in [1.807, 2.05) is 6.07 Å². The zero-order chi connectivity index (χ0) is 10.1. The van der Waals surface area contributed by atoms with Crippen LogP contribution in [0, 0.1) is 6.92 Å². The van der Waals surface area contributed by atoms with Crippen LogP contribution in [-0.2, 0) is 0 Å². The van der Waals surface area contributed by atoms with E-state index < -0.39 is 0 Å². The maximum Gasteiger partial charge on any atom is 0.133 e. The van der Waals surface area contributed by atoms with E-state index >= 15 is 0 Å². The Labute approximate surface area is 84.8 Å². The maximum absolute atomic E-state index is 5.61. The van der Waals surface area contributed by atoms with E-state index in [0.717, 1.165) is 30.1 Å². The SMILES string of the molecule is CCCOc1ccc2c(c1C)OC2C. The van der Waals surface area contributed by atoms with Crippen LogP contribution in [-0.4, -0.2) is 6.61 Å². The second-order valence-electron chi connectivity index (χ2n) is 3.72. The van der Waals surface area contributed by atoms with Crippen molar-refractivity contribution in [3.8, 4) is 11.5 Å². The monoisotopic (exact) mass is 192 g/mol. The van der Waals surface area contributed by atoms with Gasteiger partial charge >= 0.3 is 0 Å². The van der Waals surface area contributed by atoms with Gasteiger partial charge in [-0.05, 0) is 32.4 Å². The van der Waals surface area contributed by atoms with Gasteiger partial charge in [0.05, 0.1) is 6.61 Å². The topological polar surface area (TPSA) is 18.5 Å². The highest BCUT2D eigenvalue weighted by Gasteiger charge is 2.27. The first-order valence-electron chi connectivity index (χ1n) is 5.17. The minimum Gasteiger partial charge on any atom is -0.493 e. The first-order chi connectivity index (χ1) is 6.74. The Morgan fingerprint density at radius 3 is 2.86 bits per heavy atom. The summed E-state index contributed by atoms with van der Waals surface area (Å²) in [5.74, 6) is 1.98. The van der Waals surface area contributed by atoms with Crippen LogP contribution in [0.3, 0.4) is 0 Å². The Balaban J connectivity index is 2.23. The number of hydrogen-bond donors (Lipinski definition) is 0. The van der Waals surface area contributed by atoms with Crippen LogP contribution in [0.2, 0.25) is 0 Å². The molecule has 0 bridgehead atoms. The third kappa shape index (κ3) is 1.35. The van der Waals surface area contributed by atoms with Crippen molar-refractivity contribution >= 4 is 0 Å². The third-order valence-electron chi connectivity index (χ3n) is 2.58. The van der Waals surface area contributed by atoms with E-state index in [4.69, 9.17) is 9.47 Å². The zero-order valence-corrected chi connectivity index (χ0v) is 8.96. The van der Waals surface area contributed by atoms with Crippen molar-refractivity contribution in [2.75, 3.05) is 6.61 Å². The van der Waals surface area contributed by atoms with E-state index in [-0.39, 0.29) is 6.10 Å². The quantitative estimate of drug-likeness (QED) is 0.732. The molecule has 0 saturated carbocycles. The highest BCUT2D eigenvalue weighted by molar-refractivity contribution is 5.54. The number of hydrogen-bond acceptors (Lipinski definition) is 2. The Bertz CT molecular complexity index is 344. The van der Waals surface area contributed by atoms with Crippen molar-refractivity contribution in [3.05, 3.63) is 23.3 Å². The first kappa shape index (κ1) is 9.38. The van der Waals surface area contributed by atoms with Crippen molar-refractivity contribution in [1.29, 1.82) is 0 Å². The molecule has 1 aliphatic heterocycles. The molecule has 1 aliphatic rings. The van der Waals surface area contributed by atoms with Crippen LogP contribution < -0.4 is 9.47 Å². The molecular formula is C12H16O2. The summed E-state index contributed by atoms with van der Waals surface area (Å²) >= 11 is 0. The van der Waals surface area contributed by atoms with Crippen LogP contribution in [0.5, 0.6) is 11.5 Å². The lowest BCUT2D eigenvalue weighted by Crippen LogP contribution is -2.17. The Hall–Kier alpha value is -1.18. The molecule has 0 saturated heterocycles. The molecule has 76 valence electrons. The van der Waals surface area contributed by atoms with Gasteiger partial charge in [0.2, 0.25) is 0 Å². The fourth-order valence-electron chi connectivity index (χ4n) is 1.72. The number of benzene rings is 1. The first-order valence-corrected chi connectivity index (χ1v) is 5.17. The average Bonchev–Trinajstić information content (AvgIpc) is 2.17. The predicted molar refractivity (Wildman–Crippen MR) is 56.0 cm³/mol. The largest absolute Gasteiger partial charge is 0.493 e. The van der Waals surface area contributed by atoms with Crippen molar-refractivity contribution in [2.45, 2.75) is 33.3 Å². The lowest BCUT2D eigenvalue weighted by Gasteiger charge is -2.30. The van der Waals surface area contributed by atoms with Gasteiger partial charge in [0.25, 0.3) is 0 Å². The average molecular weight is 192 g/mol. The van der Waals surface area contributed by atoms with E-state index in [9.17, 15) is 0 Å². The highest BCUT2D eigenvalue weighted by atomic mass is 16.5. The Morgan fingerprint density at radius 1 is 1.43 bits per heavy atom. The zero-order valence-electron chi connectivity index (χ0n) is 8.96. The molecule has 0 aliphatic carbocycles. The molecule has 1 atom stereocenters. The van der Waals surface area contributed by atoms with Gasteiger partial charge in [-0.3, -0.25) is 0 Å². The molecule has 0 fully saturated rings. The van der Waals surface area contributed by atoms with Gasteiger partial charge in [0.1, 0.15) is 17.6 Å². The molecule has 1 aromatic rings. The Kier molecular flexibility index (Phi) is 2.36. The van der Waals surface area contributed by atoms with Gasteiger partial charge in [0.15, 0.2) is 0 Å². The molecule has 1 heterocycles. The molecular weight excluding hydrogens is 176 g/mol. The minimum absolute atomic E-state index is 0.254. The molecule has 2 heteroatoms. The van der Waals surface area contributed by atoms with Crippen LogP contribution in [0.15, 0.2) is 12.1 Å². The fraction of sp³-hybridized carbons (Fsp3) is 0.500. The summed E-state index contributed by atoms with van der Waals surface area (Å²) in [6, 6.07) is 4.14. The van der Waals surface area contributed by atoms with Crippen molar-refractivity contribution in [3.63, 3.8) is 0 Å². The van der Waals surface area contributed by atoms with Gasteiger partial charge in [-0.15, -0.1) is 0 Å². The Morgan fingerprint density at radius 2 is 2.21 bits per heavy atom. The van der Waals surface area contributed by atoms with Crippen LogP contribution in [0.25, 0.3) is 0 Å². The van der Waals surface area contributed by atoms with Gasteiger partial charge in [-0.1, -0.05) is 6.92 Å². The third-order valence-corrected chi connectivity index (χ3v) is 2.58. The molecule has 0 N–H and O–H groups in total. The summed E-state index contributed by atoms with van der Waals surface area (Å²) in [5, 5.41) is 0. The number of rotatable bonds is 3. The lowest BCUT2D eigenvalue weighted by molar-refractivity contribution is 0.162. The summed E-state index contributed by atoms with van der Waals surface area (Å²) in [6.07, 6.45) is 1.29. The summed E-state index contributed by atoms with van der Waals surface area (Å²) in [5.41, 5.74) is 2.43. The maximum atomic E-state index is 5.61. The summed E-state index contributed by atoms with van der Waals surface area (Å²) in [7, 11) is 0. The molecule has 0 spiro atoms. The van der Waals surface area contributed by atoms with E-state index in [1.165, 1.54) is 5.56 Å². The summed E-state index contributed by atoms with van der Waals surface area (Å²) in [6.45, 7) is 6.99. The van der Waals surface area contributed by atoms with Gasteiger partial charge in [-0.25, -0.2) is 0 Å². The second-order valence-corrected chi connectivity index (χ2v) is 3.72. The van der Waals surface area contributed by atoms with E-state index in [0.29, 0.717) is 0 Å². The smallest absolute Gasteiger partial charge is 0.133 e. The molecule has 14 heavy (non-hydrogen) atoms. The minimum atomic E-state index is 0.254. The second kappa shape index (κ2) is 3.52. The summed E-state index contributed by atoms with van der Waals surface area (Å²) in [4.78, 5) is 0. The predicted octanol–water partition coefficient (Wildman–Crippen LogP) is 3.24. The normalized spacial score (nSPS) is 18.1. The molecule has 2 rings (SSSR count).